The number of rotatable bonds is 9. The zero-order valence-electron chi connectivity index (χ0n) is 18.8. The van der Waals surface area contributed by atoms with E-state index < -0.39 is 15.4 Å². The first-order valence-corrected chi connectivity index (χ1v) is 12.5. The summed E-state index contributed by atoms with van der Waals surface area (Å²) in [7, 11) is -3.93. The molecular formula is C24H31N3O4S. The van der Waals surface area contributed by atoms with Crippen LogP contribution in [0.5, 0.6) is 0 Å². The molecule has 2 aromatic carbocycles. The number of aryl methyl sites for hydroxylation is 1. The monoisotopic (exact) mass is 457 g/mol. The first-order chi connectivity index (χ1) is 15.2. The van der Waals surface area contributed by atoms with Crippen LogP contribution in [0.1, 0.15) is 57.1 Å². The fourth-order valence-electron chi connectivity index (χ4n) is 3.94. The van der Waals surface area contributed by atoms with E-state index in [0.717, 1.165) is 43.2 Å². The molecule has 7 nitrogen and oxygen atoms in total. The second-order valence-electron chi connectivity index (χ2n) is 8.41. The maximum Gasteiger partial charge on any atom is 0.263 e. The summed E-state index contributed by atoms with van der Waals surface area (Å²) >= 11 is 0. The minimum absolute atomic E-state index is 0.00235. The molecule has 3 rings (SSSR count). The van der Waals surface area contributed by atoms with Crippen molar-refractivity contribution < 1.29 is 18.0 Å². The summed E-state index contributed by atoms with van der Waals surface area (Å²) in [6, 6.07) is 11.8. The number of unbranched alkanes of at least 4 members (excludes halogenated alkanes) is 1. The summed E-state index contributed by atoms with van der Waals surface area (Å²) in [6.45, 7) is 5.87. The van der Waals surface area contributed by atoms with E-state index in [9.17, 15) is 18.0 Å². The molecule has 0 unspecified atom stereocenters. The van der Waals surface area contributed by atoms with E-state index in [1.165, 1.54) is 13.0 Å². The zero-order valence-corrected chi connectivity index (χ0v) is 19.6. The minimum atomic E-state index is -3.93. The average Bonchev–Trinajstić information content (AvgIpc) is 2.69. The van der Waals surface area contributed by atoms with Gasteiger partial charge in [0.05, 0.1) is 11.1 Å². The molecule has 0 heterocycles. The van der Waals surface area contributed by atoms with E-state index >= 15 is 0 Å². The Labute approximate surface area is 190 Å². The van der Waals surface area contributed by atoms with Crippen molar-refractivity contribution in [2.45, 2.75) is 63.2 Å². The van der Waals surface area contributed by atoms with Crippen molar-refractivity contribution in [3.8, 4) is 0 Å². The van der Waals surface area contributed by atoms with E-state index in [2.05, 4.69) is 22.3 Å². The molecule has 1 aliphatic carbocycles. The highest BCUT2D eigenvalue weighted by Crippen LogP contribution is 2.44. The molecule has 0 radical (unpaired) electrons. The highest BCUT2D eigenvalue weighted by Gasteiger charge is 2.45. The number of nitrogens with one attached hydrogen (secondary N) is 3. The van der Waals surface area contributed by atoms with Crippen molar-refractivity contribution in [3.05, 3.63) is 53.6 Å². The van der Waals surface area contributed by atoms with Gasteiger partial charge in [-0.3, -0.25) is 14.3 Å². The van der Waals surface area contributed by atoms with Gasteiger partial charge in [-0.05, 0) is 61.6 Å². The van der Waals surface area contributed by atoms with Crippen LogP contribution in [-0.2, 0) is 25.0 Å². The molecule has 2 aromatic rings. The van der Waals surface area contributed by atoms with Crippen molar-refractivity contribution in [3.63, 3.8) is 0 Å². The first-order valence-electron chi connectivity index (χ1n) is 11.0. The molecule has 2 amide bonds. The number of carbonyl (C=O) groups excluding carboxylic acids is 2. The van der Waals surface area contributed by atoms with Crippen molar-refractivity contribution in [1.82, 2.24) is 5.32 Å². The van der Waals surface area contributed by atoms with Gasteiger partial charge in [0, 0.05) is 19.2 Å². The van der Waals surface area contributed by atoms with E-state index in [0.29, 0.717) is 12.2 Å². The van der Waals surface area contributed by atoms with Crippen LogP contribution in [0.2, 0.25) is 0 Å². The van der Waals surface area contributed by atoms with E-state index in [4.69, 9.17) is 0 Å². The van der Waals surface area contributed by atoms with Crippen LogP contribution in [0.3, 0.4) is 0 Å². The number of hydrogen-bond donors (Lipinski definition) is 3. The lowest BCUT2D eigenvalue weighted by Crippen LogP contribution is -2.49. The van der Waals surface area contributed by atoms with Crippen LogP contribution < -0.4 is 15.4 Å². The molecule has 0 aliphatic heterocycles. The van der Waals surface area contributed by atoms with Crippen molar-refractivity contribution >= 4 is 33.2 Å². The number of carbonyl (C=O) groups is 2. The van der Waals surface area contributed by atoms with Gasteiger partial charge in [-0.2, -0.15) is 0 Å². The van der Waals surface area contributed by atoms with Gasteiger partial charge in [-0.15, -0.1) is 0 Å². The number of benzene rings is 2. The van der Waals surface area contributed by atoms with Crippen LogP contribution in [0, 0.1) is 6.92 Å². The quantitative estimate of drug-likeness (QED) is 0.493. The van der Waals surface area contributed by atoms with Gasteiger partial charge in [-0.1, -0.05) is 38.0 Å². The molecule has 32 heavy (non-hydrogen) atoms. The largest absolute Gasteiger partial charge is 0.355 e. The van der Waals surface area contributed by atoms with Gasteiger partial charge in [0.2, 0.25) is 11.8 Å². The molecule has 8 heteroatoms. The van der Waals surface area contributed by atoms with Crippen molar-refractivity contribution in [2.24, 2.45) is 0 Å². The van der Waals surface area contributed by atoms with Gasteiger partial charge in [0.15, 0.2) is 0 Å². The van der Waals surface area contributed by atoms with E-state index in [-0.39, 0.29) is 22.4 Å². The second kappa shape index (κ2) is 9.73. The van der Waals surface area contributed by atoms with Crippen LogP contribution in [0.25, 0.3) is 0 Å². The van der Waals surface area contributed by atoms with Crippen LogP contribution in [0.15, 0.2) is 47.4 Å². The van der Waals surface area contributed by atoms with Gasteiger partial charge < -0.3 is 10.6 Å². The third-order valence-electron chi connectivity index (χ3n) is 5.88. The molecule has 0 saturated heterocycles. The van der Waals surface area contributed by atoms with Gasteiger partial charge in [-0.25, -0.2) is 8.42 Å². The van der Waals surface area contributed by atoms with Gasteiger partial charge >= 0.3 is 0 Å². The molecule has 0 spiro atoms. The summed E-state index contributed by atoms with van der Waals surface area (Å²) in [6.07, 6.45) is 4.54. The Balaban J connectivity index is 1.81. The maximum atomic E-state index is 13.0. The molecule has 1 saturated carbocycles. The Bertz CT molecular complexity index is 1090. The third-order valence-corrected chi connectivity index (χ3v) is 7.31. The lowest BCUT2D eigenvalue weighted by Gasteiger charge is -2.40. The fourth-order valence-corrected chi connectivity index (χ4v) is 5.24. The summed E-state index contributed by atoms with van der Waals surface area (Å²) in [5.74, 6) is -0.303. The molecule has 1 fully saturated rings. The number of amides is 2. The predicted octanol–water partition coefficient (Wildman–Crippen LogP) is 4.09. The summed E-state index contributed by atoms with van der Waals surface area (Å²) in [5, 5.41) is 5.61. The summed E-state index contributed by atoms with van der Waals surface area (Å²) in [5.41, 5.74) is 1.75. The Morgan fingerprint density at radius 3 is 2.31 bits per heavy atom. The normalized spacial score (nSPS) is 14.8. The summed E-state index contributed by atoms with van der Waals surface area (Å²) in [4.78, 5) is 24.3. The highest BCUT2D eigenvalue weighted by atomic mass is 32.2. The van der Waals surface area contributed by atoms with Gasteiger partial charge in [0.25, 0.3) is 10.0 Å². The van der Waals surface area contributed by atoms with Crippen LogP contribution in [0.4, 0.5) is 11.4 Å². The van der Waals surface area contributed by atoms with Gasteiger partial charge in [0.1, 0.15) is 4.90 Å². The minimum Gasteiger partial charge on any atom is -0.355 e. The second-order valence-corrected chi connectivity index (χ2v) is 10.1. The van der Waals surface area contributed by atoms with Crippen LogP contribution in [-0.4, -0.2) is 26.8 Å². The summed E-state index contributed by atoms with van der Waals surface area (Å²) < 4.78 is 28.6. The Hall–Kier alpha value is -2.87. The SMILES string of the molecule is CCCCNC(=O)C1(c2ccc(NS(=O)(=O)c3cc(C)ccc3NC(C)=O)cc2)CCC1. The van der Waals surface area contributed by atoms with Crippen molar-refractivity contribution in [1.29, 1.82) is 0 Å². The van der Waals surface area contributed by atoms with Crippen molar-refractivity contribution in [2.75, 3.05) is 16.6 Å². The topological polar surface area (TPSA) is 104 Å². The predicted molar refractivity (Wildman–Crippen MR) is 126 cm³/mol. The number of sulfonamides is 1. The smallest absolute Gasteiger partial charge is 0.263 e. The average molecular weight is 458 g/mol. The lowest BCUT2D eigenvalue weighted by atomic mass is 9.64. The molecule has 1 aliphatic rings. The fraction of sp³-hybridized carbons (Fsp3) is 0.417. The Morgan fingerprint density at radius 2 is 1.75 bits per heavy atom. The molecule has 3 N–H and O–H groups in total. The molecule has 0 aromatic heterocycles. The molecule has 0 atom stereocenters. The van der Waals surface area contributed by atoms with Crippen LogP contribution >= 0.6 is 0 Å². The third kappa shape index (κ3) is 5.12. The van der Waals surface area contributed by atoms with E-state index in [1.54, 1.807) is 31.2 Å². The lowest BCUT2D eigenvalue weighted by molar-refractivity contribution is -0.129. The molecule has 0 bridgehead atoms. The molecule has 172 valence electrons. The highest BCUT2D eigenvalue weighted by molar-refractivity contribution is 7.92. The number of hydrogen-bond acceptors (Lipinski definition) is 4. The number of anilines is 2. The standard InChI is InChI=1S/C24H31N3O4S/c1-4-5-15-25-23(29)24(13-6-14-24)19-8-10-20(11-9-19)27-32(30,31)22-16-17(2)7-12-21(22)26-18(3)28/h7-12,16,27H,4-6,13-15H2,1-3H3,(H,25,29)(H,26,28). The maximum absolute atomic E-state index is 13.0. The first kappa shape index (κ1) is 23.8. The Kier molecular flexibility index (Phi) is 7.23. The molecular weight excluding hydrogens is 426 g/mol. The zero-order chi connectivity index (χ0) is 23.4. The van der Waals surface area contributed by atoms with E-state index in [1.807, 2.05) is 12.1 Å². The Morgan fingerprint density at radius 1 is 1.06 bits per heavy atom.